The largest absolute Gasteiger partial charge is 0.495 e. The standard InChI is InChI=1S/C15H16FNO3S/c1-3-11-7-8-14(20-2)15(9-11)21(18,19)17-13-6-4-5-12(16)10-13/h4-10,17H,3H2,1-2H3. The SMILES string of the molecule is CCc1ccc(OC)c(S(=O)(=O)Nc2cccc(F)c2)c1. The van der Waals surface area contributed by atoms with E-state index in [1.165, 1.54) is 25.3 Å². The molecule has 0 radical (unpaired) electrons. The van der Waals surface area contributed by atoms with Gasteiger partial charge in [-0.05, 0) is 42.3 Å². The first kappa shape index (κ1) is 15.3. The van der Waals surface area contributed by atoms with E-state index in [2.05, 4.69) is 4.72 Å². The molecule has 0 saturated carbocycles. The lowest BCUT2D eigenvalue weighted by Gasteiger charge is -2.12. The van der Waals surface area contributed by atoms with Gasteiger partial charge in [0.05, 0.1) is 12.8 Å². The van der Waals surface area contributed by atoms with Crippen LogP contribution in [0.1, 0.15) is 12.5 Å². The lowest BCUT2D eigenvalue weighted by molar-refractivity contribution is 0.402. The summed E-state index contributed by atoms with van der Waals surface area (Å²) in [4.78, 5) is 0.0358. The van der Waals surface area contributed by atoms with Crippen LogP contribution in [0.25, 0.3) is 0 Å². The predicted octanol–water partition coefficient (Wildman–Crippen LogP) is 3.20. The molecule has 4 nitrogen and oxygen atoms in total. The van der Waals surface area contributed by atoms with Crippen molar-refractivity contribution in [2.75, 3.05) is 11.8 Å². The quantitative estimate of drug-likeness (QED) is 0.923. The van der Waals surface area contributed by atoms with Crippen molar-refractivity contribution in [1.82, 2.24) is 0 Å². The summed E-state index contributed by atoms with van der Waals surface area (Å²) in [5.74, 6) is -0.263. The highest BCUT2D eigenvalue weighted by Gasteiger charge is 2.20. The Morgan fingerprint density at radius 3 is 2.57 bits per heavy atom. The van der Waals surface area contributed by atoms with Crippen LogP contribution in [0, 0.1) is 5.82 Å². The highest BCUT2D eigenvalue weighted by atomic mass is 32.2. The average molecular weight is 309 g/mol. The first-order valence-electron chi connectivity index (χ1n) is 6.41. The van der Waals surface area contributed by atoms with Crippen molar-refractivity contribution < 1.29 is 17.5 Å². The summed E-state index contributed by atoms with van der Waals surface area (Å²) in [5.41, 5.74) is 1.04. The topological polar surface area (TPSA) is 55.4 Å². The Morgan fingerprint density at radius 1 is 1.19 bits per heavy atom. The van der Waals surface area contributed by atoms with Gasteiger partial charge in [0.25, 0.3) is 10.0 Å². The summed E-state index contributed by atoms with van der Waals surface area (Å²) in [6.45, 7) is 1.93. The second-order valence-electron chi connectivity index (χ2n) is 4.45. The number of aryl methyl sites for hydroxylation is 1. The van der Waals surface area contributed by atoms with Crippen LogP contribution in [-0.4, -0.2) is 15.5 Å². The number of ether oxygens (including phenoxy) is 1. The van der Waals surface area contributed by atoms with Gasteiger partial charge in [-0.3, -0.25) is 4.72 Å². The predicted molar refractivity (Wildman–Crippen MR) is 79.6 cm³/mol. The van der Waals surface area contributed by atoms with Gasteiger partial charge in [-0.15, -0.1) is 0 Å². The maximum atomic E-state index is 13.1. The van der Waals surface area contributed by atoms with Gasteiger partial charge in [-0.2, -0.15) is 0 Å². The summed E-state index contributed by atoms with van der Waals surface area (Å²) in [6.07, 6.45) is 0.701. The molecule has 112 valence electrons. The molecule has 0 bridgehead atoms. The maximum absolute atomic E-state index is 13.1. The molecule has 0 fully saturated rings. The van der Waals surface area contributed by atoms with Crippen molar-refractivity contribution in [2.45, 2.75) is 18.2 Å². The fourth-order valence-electron chi connectivity index (χ4n) is 1.91. The van der Waals surface area contributed by atoms with Crippen molar-refractivity contribution in [2.24, 2.45) is 0 Å². The number of benzene rings is 2. The fraction of sp³-hybridized carbons (Fsp3) is 0.200. The van der Waals surface area contributed by atoms with Gasteiger partial charge in [0.2, 0.25) is 0 Å². The molecular formula is C15H16FNO3S. The number of nitrogens with one attached hydrogen (secondary N) is 1. The zero-order chi connectivity index (χ0) is 15.5. The molecule has 0 unspecified atom stereocenters. The molecule has 6 heteroatoms. The van der Waals surface area contributed by atoms with E-state index in [0.29, 0.717) is 6.42 Å². The number of anilines is 1. The van der Waals surface area contributed by atoms with E-state index in [-0.39, 0.29) is 16.3 Å². The van der Waals surface area contributed by atoms with Crippen LogP contribution >= 0.6 is 0 Å². The van der Waals surface area contributed by atoms with Gasteiger partial charge in [0, 0.05) is 0 Å². The van der Waals surface area contributed by atoms with E-state index in [1.807, 2.05) is 6.92 Å². The molecule has 0 atom stereocenters. The molecule has 0 aliphatic rings. The number of methoxy groups -OCH3 is 1. The van der Waals surface area contributed by atoms with Crippen LogP contribution in [0.2, 0.25) is 0 Å². The minimum absolute atomic E-state index is 0.0358. The third-order valence-corrected chi connectivity index (χ3v) is 4.41. The lowest BCUT2D eigenvalue weighted by Crippen LogP contribution is -2.14. The van der Waals surface area contributed by atoms with Crippen molar-refractivity contribution in [3.8, 4) is 5.75 Å². The van der Waals surface area contributed by atoms with Crippen LogP contribution in [-0.2, 0) is 16.4 Å². The van der Waals surface area contributed by atoms with Crippen molar-refractivity contribution in [3.05, 3.63) is 53.8 Å². The van der Waals surface area contributed by atoms with Gasteiger partial charge >= 0.3 is 0 Å². The van der Waals surface area contributed by atoms with Gasteiger partial charge in [0.1, 0.15) is 16.5 Å². The van der Waals surface area contributed by atoms with E-state index in [4.69, 9.17) is 4.74 Å². The Labute approximate surface area is 123 Å². The summed E-state index contributed by atoms with van der Waals surface area (Å²) in [7, 11) is -2.44. The second-order valence-corrected chi connectivity index (χ2v) is 6.11. The molecular weight excluding hydrogens is 293 g/mol. The Kier molecular flexibility index (Phi) is 4.47. The number of rotatable bonds is 5. The Morgan fingerprint density at radius 2 is 1.95 bits per heavy atom. The first-order valence-corrected chi connectivity index (χ1v) is 7.90. The monoisotopic (exact) mass is 309 g/mol. The molecule has 0 aromatic heterocycles. The zero-order valence-electron chi connectivity index (χ0n) is 11.8. The second kappa shape index (κ2) is 6.13. The van der Waals surface area contributed by atoms with E-state index in [1.54, 1.807) is 18.2 Å². The molecule has 0 aliphatic carbocycles. The molecule has 0 saturated heterocycles. The highest BCUT2D eigenvalue weighted by molar-refractivity contribution is 7.92. The highest BCUT2D eigenvalue weighted by Crippen LogP contribution is 2.27. The van der Waals surface area contributed by atoms with E-state index >= 15 is 0 Å². The number of hydrogen-bond donors (Lipinski definition) is 1. The minimum atomic E-state index is -3.85. The summed E-state index contributed by atoms with van der Waals surface area (Å²) >= 11 is 0. The molecule has 1 N–H and O–H groups in total. The van der Waals surface area contributed by atoms with Crippen LogP contribution < -0.4 is 9.46 Å². The normalized spacial score (nSPS) is 11.2. The van der Waals surface area contributed by atoms with E-state index < -0.39 is 15.8 Å². The fourth-order valence-corrected chi connectivity index (χ4v) is 3.18. The third kappa shape index (κ3) is 3.52. The van der Waals surface area contributed by atoms with E-state index in [0.717, 1.165) is 11.6 Å². The lowest BCUT2D eigenvalue weighted by atomic mass is 10.2. The van der Waals surface area contributed by atoms with Crippen LogP contribution in [0.15, 0.2) is 47.4 Å². The summed E-state index contributed by atoms with van der Waals surface area (Å²) < 4.78 is 45.5. The zero-order valence-corrected chi connectivity index (χ0v) is 12.6. The Hall–Kier alpha value is -2.08. The van der Waals surface area contributed by atoms with Gasteiger partial charge in [-0.25, -0.2) is 12.8 Å². The molecule has 2 aromatic rings. The molecule has 21 heavy (non-hydrogen) atoms. The van der Waals surface area contributed by atoms with Gasteiger partial charge in [-0.1, -0.05) is 19.1 Å². The first-order chi connectivity index (χ1) is 9.96. The van der Waals surface area contributed by atoms with Gasteiger partial charge in [0.15, 0.2) is 0 Å². The maximum Gasteiger partial charge on any atom is 0.265 e. The van der Waals surface area contributed by atoms with Crippen LogP contribution in [0.3, 0.4) is 0 Å². The molecule has 0 aliphatic heterocycles. The van der Waals surface area contributed by atoms with Crippen molar-refractivity contribution in [3.63, 3.8) is 0 Å². The Balaban J connectivity index is 2.43. The number of sulfonamides is 1. The number of halogens is 1. The smallest absolute Gasteiger partial charge is 0.265 e. The van der Waals surface area contributed by atoms with Crippen LogP contribution in [0.5, 0.6) is 5.75 Å². The molecule has 0 amide bonds. The van der Waals surface area contributed by atoms with Crippen molar-refractivity contribution in [1.29, 1.82) is 0 Å². The average Bonchev–Trinajstić information content (AvgIpc) is 2.46. The van der Waals surface area contributed by atoms with E-state index in [9.17, 15) is 12.8 Å². The molecule has 2 aromatic carbocycles. The Bertz CT molecular complexity index is 744. The van der Waals surface area contributed by atoms with Crippen LogP contribution in [0.4, 0.5) is 10.1 Å². The molecule has 2 rings (SSSR count). The summed E-state index contributed by atoms with van der Waals surface area (Å²) in [5, 5.41) is 0. The summed E-state index contributed by atoms with van der Waals surface area (Å²) in [6, 6.07) is 10.3. The molecule has 0 spiro atoms. The van der Waals surface area contributed by atoms with Gasteiger partial charge < -0.3 is 4.74 Å². The minimum Gasteiger partial charge on any atom is -0.495 e. The third-order valence-electron chi connectivity index (χ3n) is 3.00. The number of hydrogen-bond acceptors (Lipinski definition) is 3. The van der Waals surface area contributed by atoms with Crippen molar-refractivity contribution >= 4 is 15.7 Å². The molecule has 0 heterocycles.